The van der Waals surface area contributed by atoms with Gasteiger partial charge in [0.1, 0.15) is 0 Å². The summed E-state index contributed by atoms with van der Waals surface area (Å²) >= 11 is 0. The summed E-state index contributed by atoms with van der Waals surface area (Å²) < 4.78 is 2.41. The molecule has 4 aliphatic rings. The quantitative estimate of drug-likeness (QED) is 0.198. The molecule has 3 heteroatoms. The molecule has 228 valence electrons. The third kappa shape index (κ3) is 3.55. The van der Waals surface area contributed by atoms with E-state index in [0.29, 0.717) is 0 Å². The molecule has 0 spiro atoms. The molecule has 1 unspecified atom stereocenters. The third-order valence-corrected chi connectivity index (χ3v) is 11.5. The highest BCUT2D eigenvalue weighted by Crippen LogP contribution is 2.55. The summed E-state index contributed by atoms with van der Waals surface area (Å²) in [5.41, 5.74) is 15.5. The zero-order valence-electron chi connectivity index (χ0n) is 27.4. The van der Waals surface area contributed by atoms with Crippen molar-refractivity contribution in [2.75, 3.05) is 0 Å². The Labute approximate surface area is 276 Å². The molecule has 1 atom stereocenters. The first-order valence-electron chi connectivity index (χ1n) is 17.0. The van der Waals surface area contributed by atoms with Crippen LogP contribution in [0.1, 0.15) is 79.2 Å². The SMILES string of the molecule is CC1(C)C2=C(N=C(n3c4c(c5cc6ccccc6cc53)CCC=C4)NC2c2ccc3c(c2)-c2ccccc2C3(C)C)c2ccccc21. The van der Waals surface area contributed by atoms with Gasteiger partial charge in [0.25, 0.3) is 0 Å². The van der Waals surface area contributed by atoms with Crippen molar-refractivity contribution in [1.82, 2.24) is 9.88 Å². The van der Waals surface area contributed by atoms with Crippen LogP contribution in [0, 0.1) is 0 Å². The van der Waals surface area contributed by atoms with Crippen molar-refractivity contribution in [2.45, 2.75) is 57.4 Å². The van der Waals surface area contributed by atoms with Crippen LogP contribution in [0.3, 0.4) is 0 Å². The van der Waals surface area contributed by atoms with Gasteiger partial charge in [0.2, 0.25) is 5.96 Å². The van der Waals surface area contributed by atoms with E-state index in [2.05, 4.69) is 153 Å². The molecule has 2 heterocycles. The van der Waals surface area contributed by atoms with Gasteiger partial charge in [0, 0.05) is 21.8 Å². The van der Waals surface area contributed by atoms with Crippen LogP contribution in [0.5, 0.6) is 0 Å². The maximum atomic E-state index is 5.58. The number of benzene rings is 5. The summed E-state index contributed by atoms with van der Waals surface area (Å²) in [6.45, 7) is 9.46. The molecule has 3 aliphatic carbocycles. The molecule has 1 aliphatic heterocycles. The monoisotopic (exact) mass is 607 g/mol. The van der Waals surface area contributed by atoms with E-state index in [4.69, 9.17) is 4.99 Å². The van der Waals surface area contributed by atoms with Crippen molar-refractivity contribution >= 4 is 39.4 Å². The molecule has 0 saturated carbocycles. The van der Waals surface area contributed by atoms with Crippen LogP contribution < -0.4 is 5.32 Å². The highest BCUT2D eigenvalue weighted by molar-refractivity contribution is 6.07. The van der Waals surface area contributed by atoms with Gasteiger partial charge >= 0.3 is 0 Å². The minimum atomic E-state index is -0.177. The third-order valence-electron chi connectivity index (χ3n) is 11.5. The average molecular weight is 608 g/mol. The lowest BCUT2D eigenvalue weighted by Crippen LogP contribution is -2.40. The van der Waals surface area contributed by atoms with Gasteiger partial charge in [-0.3, -0.25) is 4.57 Å². The first-order chi connectivity index (χ1) is 22.8. The molecule has 6 aromatic rings. The molecule has 0 saturated heterocycles. The number of aromatic nitrogens is 1. The van der Waals surface area contributed by atoms with E-state index in [1.165, 1.54) is 77.5 Å². The summed E-state index contributed by atoms with van der Waals surface area (Å²) in [4.78, 5) is 5.58. The summed E-state index contributed by atoms with van der Waals surface area (Å²) in [7, 11) is 0. The second-order valence-corrected chi connectivity index (χ2v) is 14.8. The molecule has 3 nitrogen and oxygen atoms in total. The van der Waals surface area contributed by atoms with Crippen LogP contribution in [0.2, 0.25) is 0 Å². The van der Waals surface area contributed by atoms with Gasteiger partial charge in [-0.2, -0.15) is 0 Å². The summed E-state index contributed by atoms with van der Waals surface area (Å²) in [5.74, 6) is 0.899. The summed E-state index contributed by atoms with van der Waals surface area (Å²) in [6, 6.07) is 38.5. The number of nitrogens with zero attached hydrogens (tertiary/aromatic N) is 2. The molecule has 1 N–H and O–H groups in total. The molecule has 0 radical (unpaired) electrons. The number of fused-ring (bicyclic) bond motifs is 9. The molecular formula is C44H37N3. The Morgan fingerprint density at radius 2 is 1.38 bits per heavy atom. The smallest absolute Gasteiger partial charge is 0.209 e. The van der Waals surface area contributed by atoms with Gasteiger partial charge in [0.05, 0.1) is 22.9 Å². The number of allylic oxidation sites excluding steroid dienone is 1. The van der Waals surface area contributed by atoms with Gasteiger partial charge in [-0.15, -0.1) is 0 Å². The minimum absolute atomic E-state index is 0.0252. The van der Waals surface area contributed by atoms with Crippen LogP contribution in [0.25, 0.3) is 44.6 Å². The van der Waals surface area contributed by atoms with Gasteiger partial charge in [-0.25, -0.2) is 4.99 Å². The molecule has 10 rings (SSSR count). The molecule has 5 aromatic carbocycles. The number of aliphatic imine (C=N–C) groups is 1. The van der Waals surface area contributed by atoms with Gasteiger partial charge in [-0.05, 0) is 92.4 Å². The Balaban J connectivity index is 1.23. The Morgan fingerprint density at radius 3 is 2.19 bits per heavy atom. The van der Waals surface area contributed by atoms with Crippen LogP contribution in [-0.2, 0) is 17.3 Å². The zero-order chi connectivity index (χ0) is 31.7. The zero-order valence-corrected chi connectivity index (χ0v) is 27.4. The van der Waals surface area contributed by atoms with Crippen LogP contribution in [-0.4, -0.2) is 10.5 Å². The van der Waals surface area contributed by atoms with E-state index in [1.807, 2.05) is 0 Å². The normalized spacial score (nSPS) is 19.6. The van der Waals surface area contributed by atoms with E-state index < -0.39 is 0 Å². The second-order valence-electron chi connectivity index (χ2n) is 14.8. The molecular weight excluding hydrogens is 571 g/mol. The Bertz CT molecular complexity index is 2440. The lowest BCUT2D eigenvalue weighted by atomic mass is 9.76. The number of nitrogens with one attached hydrogen (secondary N) is 1. The molecule has 1 aromatic heterocycles. The van der Waals surface area contributed by atoms with Gasteiger partial charge in [-0.1, -0.05) is 119 Å². The highest BCUT2D eigenvalue weighted by Gasteiger charge is 2.45. The predicted octanol–water partition coefficient (Wildman–Crippen LogP) is 10.3. The van der Waals surface area contributed by atoms with E-state index >= 15 is 0 Å². The number of aryl methyl sites for hydroxylation is 1. The average Bonchev–Trinajstić information content (AvgIpc) is 3.63. The Morgan fingerprint density at radius 1 is 0.702 bits per heavy atom. The van der Waals surface area contributed by atoms with Crippen molar-refractivity contribution in [2.24, 2.45) is 4.99 Å². The summed E-state index contributed by atoms with van der Waals surface area (Å²) in [5, 5.41) is 7.94. The molecule has 47 heavy (non-hydrogen) atoms. The first-order valence-corrected chi connectivity index (χ1v) is 17.0. The number of hydrogen-bond donors (Lipinski definition) is 1. The van der Waals surface area contributed by atoms with E-state index in [9.17, 15) is 0 Å². The standard InChI is InChI=1S/C44H37N3/c1-43(2)34-18-10-7-15-29(34)32-24-28(21-22-36(32)43)40-39-41(31-17-8-11-19-35(31)44(39,3)4)46-42(45-40)47-37-20-12-9-16-30(37)33-23-26-13-5-6-14-27(26)25-38(33)47/h5-8,10-15,17-25,40H,9,16H2,1-4H3,(H,45,46). The van der Waals surface area contributed by atoms with Gasteiger partial charge in [0.15, 0.2) is 0 Å². The Kier molecular flexibility index (Phi) is 5.30. The fraction of sp³-hybridized carbons (Fsp3) is 0.205. The van der Waals surface area contributed by atoms with Gasteiger partial charge < -0.3 is 5.32 Å². The van der Waals surface area contributed by atoms with E-state index in [-0.39, 0.29) is 16.9 Å². The lowest BCUT2D eigenvalue weighted by molar-refractivity contribution is 0.550. The maximum Gasteiger partial charge on any atom is 0.209 e. The van der Waals surface area contributed by atoms with Crippen molar-refractivity contribution < 1.29 is 0 Å². The molecule has 0 bridgehead atoms. The van der Waals surface area contributed by atoms with Crippen molar-refractivity contribution in [3.05, 3.63) is 154 Å². The van der Waals surface area contributed by atoms with E-state index in [1.54, 1.807) is 0 Å². The van der Waals surface area contributed by atoms with Crippen molar-refractivity contribution in [1.29, 1.82) is 0 Å². The predicted molar refractivity (Wildman–Crippen MR) is 196 cm³/mol. The highest BCUT2D eigenvalue weighted by atomic mass is 15.3. The fourth-order valence-electron chi connectivity index (χ4n) is 9.21. The topological polar surface area (TPSA) is 29.3 Å². The maximum absolute atomic E-state index is 5.58. The largest absolute Gasteiger partial charge is 0.345 e. The van der Waals surface area contributed by atoms with Crippen LogP contribution in [0.4, 0.5) is 0 Å². The molecule has 0 fully saturated rings. The minimum Gasteiger partial charge on any atom is -0.345 e. The van der Waals surface area contributed by atoms with Crippen LogP contribution in [0.15, 0.2) is 120 Å². The van der Waals surface area contributed by atoms with Crippen molar-refractivity contribution in [3.63, 3.8) is 0 Å². The lowest BCUT2D eigenvalue weighted by Gasteiger charge is -2.35. The Hall–Kier alpha value is -5.15. The second kappa shape index (κ2) is 9.23. The number of hydrogen-bond acceptors (Lipinski definition) is 2. The van der Waals surface area contributed by atoms with Crippen LogP contribution >= 0.6 is 0 Å². The fourth-order valence-corrected chi connectivity index (χ4v) is 9.21. The first kappa shape index (κ1) is 27.0. The summed E-state index contributed by atoms with van der Waals surface area (Å²) in [6.07, 6.45) is 6.73. The molecule has 0 amide bonds. The van der Waals surface area contributed by atoms with E-state index in [0.717, 1.165) is 24.5 Å². The number of rotatable bonds is 1. The van der Waals surface area contributed by atoms with Crippen molar-refractivity contribution in [3.8, 4) is 11.1 Å².